The van der Waals surface area contributed by atoms with Crippen LogP contribution in [0, 0.1) is 23.0 Å². The summed E-state index contributed by atoms with van der Waals surface area (Å²) in [6.07, 6.45) is -3.80. The number of piperazine rings is 1. The van der Waals surface area contributed by atoms with Crippen molar-refractivity contribution in [2.45, 2.75) is 11.1 Å². The van der Waals surface area contributed by atoms with Gasteiger partial charge in [-0.15, -0.1) is 0 Å². The van der Waals surface area contributed by atoms with Crippen LogP contribution in [0.3, 0.4) is 0 Å². The van der Waals surface area contributed by atoms with Crippen molar-refractivity contribution in [2.24, 2.45) is 0 Å². The molecule has 1 fully saturated rings. The third-order valence-corrected chi connectivity index (χ3v) is 6.14. The Morgan fingerprint density at radius 2 is 1.68 bits per heavy atom. The van der Waals surface area contributed by atoms with E-state index in [0.29, 0.717) is 0 Å². The molecule has 2 aromatic rings. The zero-order chi connectivity index (χ0) is 25.3. The normalized spacial score (nSPS) is 14.6. The van der Waals surface area contributed by atoms with Crippen molar-refractivity contribution in [2.75, 3.05) is 43.9 Å². The molecule has 182 valence electrons. The average Bonchev–Trinajstić information content (AvgIpc) is 2.76. The molecule has 0 bridgehead atoms. The molecule has 0 atom stereocenters. The highest BCUT2D eigenvalue weighted by atomic mass is 32.2. The SMILES string of the molecule is CS(=O)(=O)c1ccc(OCC(F)(F)F)c(C(=O)N2CCN(c3c(F)cc(C#N)cc3F)CC2)c1. The Morgan fingerprint density at radius 3 is 2.18 bits per heavy atom. The van der Waals surface area contributed by atoms with Crippen LogP contribution < -0.4 is 9.64 Å². The van der Waals surface area contributed by atoms with Crippen LogP contribution >= 0.6 is 0 Å². The van der Waals surface area contributed by atoms with Crippen molar-refractivity contribution in [1.29, 1.82) is 5.26 Å². The molecule has 0 radical (unpaired) electrons. The Morgan fingerprint density at radius 1 is 1.09 bits per heavy atom. The molecule has 0 spiro atoms. The van der Waals surface area contributed by atoms with Gasteiger partial charge in [-0.2, -0.15) is 18.4 Å². The van der Waals surface area contributed by atoms with Gasteiger partial charge in [-0.3, -0.25) is 4.79 Å². The second kappa shape index (κ2) is 9.46. The molecular formula is C21H18F5N3O4S. The molecule has 1 heterocycles. The van der Waals surface area contributed by atoms with Crippen molar-refractivity contribution in [3.63, 3.8) is 0 Å². The lowest BCUT2D eigenvalue weighted by Gasteiger charge is -2.36. The van der Waals surface area contributed by atoms with Gasteiger partial charge in [-0.05, 0) is 30.3 Å². The summed E-state index contributed by atoms with van der Waals surface area (Å²) in [7, 11) is -3.77. The monoisotopic (exact) mass is 503 g/mol. The van der Waals surface area contributed by atoms with Gasteiger partial charge in [0.2, 0.25) is 0 Å². The van der Waals surface area contributed by atoms with Crippen molar-refractivity contribution in [3.8, 4) is 11.8 Å². The number of benzene rings is 2. The number of anilines is 1. The third-order valence-electron chi connectivity index (χ3n) is 5.03. The number of halogens is 5. The van der Waals surface area contributed by atoms with Gasteiger partial charge in [0.1, 0.15) is 11.4 Å². The second-order valence-electron chi connectivity index (χ2n) is 7.51. The molecule has 0 aromatic heterocycles. The summed E-state index contributed by atoms with van der Waals surface area (Å²) in [5.41, 5.74) is -0.930. The first-order valence-electron chi connectivity index (χ1n) is 9.77. The van der Waals surface area contributed by atoms with Crippen LogP contribution in [-0.4, -0.2) is 64.4 Å². The highest BCUT2D eigenvalue weighted by Crippen LogP contribution is 2.29. The topological polar surface area (TPSA) is 90.7 Å². The van der Waals surface area contributed by atoms with Crippen LogP contribution in [0.25, 0.3) is 0 Å². The molecule has 13 heteroatoms. The Bertz CT molecular complexity index is 1230. The number of alkyl halides is 3. The lowest BCUT2D eigenvalue weighted by molar-refractivity contribution is -0.153. The number of carbonyl (C=O) groups excluding carboxylic acids is 1. The first kappa shape index (κ1) is 25.2. The number of hydrogen-bond donors (Lipinski definition) is 0. The average molecular weight is 503 g/mol. The van der Waals surface area contributed by atoms with Crippen LogP contribution in [0.5, 0.6) is 5.75 Å². The fourth-order valence-corrected chi connectivity index (χ4v) is 4.08. The zero-order valence-corrected chi connectivity index (χ0v) is 18.5. The lowest BCUT2D eigenvalue weighted by atomic mass is 10.1. The minimum atomic E-state index is -4.68. The lowest BCUT2D eigenvalue weighted by Crippen LogP contribution is -2.49. The zero-order valence-electron chi connectivity index (χ0n) is 17.7. The third kappa shape index (κ3) is 5.74. The molecule has 7 nitrogen and oxygen atoms in total. The van der Waals surface area contributed by atoms with E-state index in [1.807, 2.05) is 0 Å². The standard InChI is InChI=1S/C21H18F5N3O4S/c1-34(31,32)14-2-3-18(33-12-21(24,25)26)15(10-14)20(30)29-6-4-28(5-7-29)19-16(22)8-13(11-27)9-17(19)23/h2-3,8-10H,4-7,12H2,1H3. The van der Waals surface area contributed by atoms with Crippen LogP contribution in [0.2, 0.25) is 0 Å². The number of nitrogens with zero attached hydrogens (tertiary/aromatic N) is 3. The smallest absolute Gasteiger partial charge is 0.422 e. The molecular weight excluding hydrogens is 485 g/mol. The van der Waals surface area contributed by atoms with E-state index in [1.165, 1.54) is 9.80 Å². The molecule has 0 unspecified atom stereocenters. The van der Waals surface area contributed by atoms with E-state index < -0.39 is 45.9 Å². The fourth-order valence-electron chi connectivity index (χ4n) is 3.43. The first-order chi connectivity index (χ1) is 15.8. The van der Waals surface area contributed by atoms with Gasteiger partial charge in [0, 0.05) is 32.4 Å². The maximum Gasteiger partial charge on any atom is 0.422 e. The highest BCUT2D eigenvalue weighted by molar-refractivity contribution is 7.90. The number of amides is 1. The molecule has 2 aromatic carbocycles. The molecule has 0 N–H and O–H groups in total. The molecule has 0 saturated carbocycles. The van der Waals surface area contributed by atoms with E-state index >= 15 is 0 Å². The van der Waals surface area contributed by atoms with Crippen molar-refractivity contribution in [3.05, 3.63) is 53.1 Å². The number of sulfone groups is 1. The molecule has 1 saturated heterocycles. The van der Waals surface area contributed by atoms with Crippen molar-refractivity contribution >= 4 is 21.4 Å². The van der Waals surface area contributed by atoms with E-state index in [1.54, 1.807) is 6.07 Å². The fraction of sp³-hybridized carbons (Fsp3) is 0.333. The molecule has 1 aliphatic rings. The van der Waals surface area contributed by atoms with Crippen LogP contribution in [0.1, 0.15) is 15.9 Å². The first-order valence-corrected chi connectivity index (χ1v) is 11.7. The van der Waals surface area contributed by atoms with Crippen LogP contribution in [0.15, 0.2) is 35.2 Å². The van der Waals surface area contributed by atoms with Crippen molar-refractivity contribution in [1.82, 2.24) is 4.90 Å². The summed E-state index contributed by atoms with van der Waals surface area (Å²) in [6.45, 7) is -1.83. The van der Waals surface area contributed by atoms with Gasteiger partial charge >= 0.3 is 6.18 Å². The summed E-state index contributed by atoms with van der Waals surface area (Å²) in [5, 5.41) is 8.82. The maximum absolute atomic E-state index is 14.3. The Labute approximate surface area is 191 Å². The van der Waals surface area contributed by atoms with Gasteiger partial charge in [0.15, 0.2) is 28.1 Å². The number of ether oxygens (including phenoxy) is 1. The van der Waals surface area contributed by atoms with E-state index in [0.717, 1.165) is 36.6 Å². The number of nitriles is 1. The summed E-state index contributed by atoms with van der Waals surface area (Å²) in [5.74, 6) is -3.12. The predicted molar refractivity (Wildman–Crippen MR) is 110 cm³/mol. The number of carbonyl (C=O) groups is 1. The van der Waals surface area contributed by atoms with Crippen molar-refractivity contribution < 1.29 is 39.9 Å². The second-order valence-corrected chi connectivity index (χ2v) is 9.53. The van der Waals surface area contributed by atoms with E-state index in [9.17, 15) is 35.2 Å². The largest absolute Gasteiger partial charge is 0.483 e. The minimum Gasteiger partial charge on any atom is -0.483 e. The minimum absolute atomic E-state index is 0.0179. The summed E-state index contributed by atoms with van der Waals surface area (Å²) in [6, 6.07) is 6.37. The number of hydrogen-bond acceptors (Lipinski definition) is 6. The number of rotatable bonds is 5. The molecule has 1 amide bonds. The van der Waals surface area contributed by atoms with Gasteiger partial charge < -0.3 is 14.5 Å². The van der Waals surface area contributed by atoms with Crippen LogP contribution in [0.4, 0.5) is 27.6 Å². The molecule has 1 aliphatic heterocycles. The summed E-state index contributed by atoms with van der Waals surface area (Å²) < 4.78 is 94.9. The van der Waals surface area contributed by atoms with Crippen LogP contribution in [-0.2, 0) is 9.84 Å². The maximum atomic E-state index is 14.3. The molecule has 34 heavy (non-hydrogen) atoms. The Kier molecular flexibility index (Phi) is 7.02. The van der Waals surface area contributed by atoms with E-state index in [4.69, 9.17) is 10.00 Å². The van der Waals surface area contributed by atoms with E-state index in [2.05, 4.69) is 0 Å². The van der Waals surface area contributed by atoms with Gasteiger partial charge in [-0.25, -0.2) is 17.2 Å². The van der Waals surface area contributed by atoms with Gasteiger partial charge in [-0.1, -0.05) is 0 Å². The summed E-state index contributed by atoms with van der Waals surface area (Å²) in [4.78, 5) is 15.3. The molecule has 0 aliphatic carbocycles. The Balaban J connectivity index is 1.83. The molecule has 3 rings (SSSR count). The summed E-state index contributed by atoms with van der Waals surface area (Å²) >= 11 is 0. The van der Waals surface area contributed by atoms with Gasteiger partial charge in [0.25, 0.3) is 5.91 Å². The Hall–Kier alpha value is -3.40. The highest BCUT2D eigenvalue weighted by Gasteiger charge is 2.31. The van der Waals surface area contributed by atoms with Gasteiger partial charge in [0.05, 0.1) is 22.1 Å². The predicted octanol–water partition coefficient (Wildman–Crippen LogP) is 3.14. The van der Waals surface area contributed by atoms with E-state index in [-0.39, 0.29) is 47.9 Å². The quantitative estimate of drug-likeness (QED) is 0.583.